The normalized spacial score (nSPS) is 13.8. The molecule has 2 heterocycles. The minimum atomic E-state index is -0.0481. The average Bonchev–Trinajstić information content (AvgIpc) is 3.19. The van der Waals surface area contributed by atoms with Crippen LogP contribution in [0, 0.1) is 0 Å². The van der Waals surface area contributed by atoms with E-state index in [1.54, 1.807) is 12.0 Å². The third-order valence-corrected chi connectivity index (χ3v) is 4.46. The molecule has 0 unspecified atom stereocenters. The van der Waals surface area contributed by atoms with Gasteiger partial charge in [0.1, 0.15) is 24.2 Å². The van der Waals surface area contributed by atoms with Crippen LogP contribution in [0.4, 0.5) is 0 Å². The van der Waals surface area contributed by atoms with E-state index in [1.807, 2.05) is 54.6 Å². The Hall–Kier alpha value is -3.39. The number of carbonyl (C=O) groups is 1. The highest BCUT2D eigenvalue weighted by atomic mass is 16.5. The Morgan fingerprint density at radius 3 is 2.59 bits per heavy atom. The molecule has 8 nitrogen and oxygen atoms in total. The van der Waals surface area contributed by atoms with Crippen molar-refractivity contribution in [1.82, 2.24) is 15.0 Å². The molecule has 150 valence electrons. The van der Waals surface area contributed by atoms with Gasteiger partial charge in [-0.1, -0.05) is 23.4 Å². The SMILES string of the molecule is COCc1nc(-c2ccc(OC3CN(C(=O)COc4ccccc4)C3)cc2)no1. The van der Waals surface area contributed by atoms with Crippen LogP contribution in [0.3, 0.4) is 0 Å². The first-order valence-corrected chi connectivity index (χ1v) is 9.25. The van der Waals surface area contributed by atoms with Crippen molar-refractivity contribution >= 4 is 5.91 Å². The molecule has 0 aliphatic carbocycles. The summed E-state index contributed by atoms with van der Waals surface area (Å²) in [7, 11) is 1.57. The van der Waals surface area contributed by atoms with Gasteiger partial charge in [0.15, 0.2) is 6.61 Å². The lowest BCUT2D eigenvalue weighted by Crippen LogP contribution is -2.57. The molecule has 0 atom stereocenters. The van der Waals surface area contributed by atoms with E-state index in [0.717, 1.165) is 11.3 Å². The molecule has 29 heavy (non-hydrogen) atoms. The molecule has 0 radical (unpaired) electrons. The minimum absolute atomic E-state index is 0.0278. The Kier molecular flexibility index (Phi) is 5.71. The number of hydrogen-bond donors (Lipinski definition) is 0. The van der Waals surface area contributed by atoms with Gasteiger partial charge in [-0.05, 0) is 36.4 Å². The van der Waals surface area contributed by atoms with E-state index < -0.39 is 0 Å². The van der Waals surface area contributed by atoms with Crippen LogP contribution in [0.25, 0.3) is 11.4 Å². The molecule has 1 amide bonds. The van der Waals surface area contributed by atoms with Crippen LogP contribution in [0.5, 0.6) is 11.5 Å². The fraction of sp³-hybridized carbons (Fsp3) is 0.286. The molecule has 0 bridgehead atoms. The standard InChI is InChI=1S/C21H21N3O5/c1-26-13-19-22-21(23-29-19)15-7-9-17(10-8-15)28-18-11-24(12-18)20(25)14-27-16-5-3-2-4-6-16/h2-10,18H,11-14H2,1H3. The van der Waals surface area contributed by atoms with Crippen molar-refractivity contribution in [2.24, 2.45) is 0 Å². The Morgan fingerprint density at radius 1 is 1.10 bits per heavy atom. The van der Waals surface area contributed by atoms with Crippen molar-refractivity contribution in [2.75, 3.05) is 26.8 Å². The van der Waals surface area contributed by atoms with Crippen LogP contribution < -0.4 is 9.47 Å². The van der Waals surface area contributed by atoms with Crippen LogP contribution in [0.2, 0.25) is 0 Å². The average molecular weight is 395 g/mol. The first-order chi connectivity index (χ1) is 14.2. The van der Waals surface area contributed by atoms with Gasteiger partial charge in [-0.15, -0.1) is 0 Å². The number of rotatable bonds is 8. The molecule has 0 N–H and O–H groups in total. The fourth-order valence-corrected chi connectivity index (χ4v) is 2.90. The first kappa shape index (κ1) is 18.9. The molecule has 1 fully saturated rings. The molecule has 1 aliphatic rings. The molecular formula is C21H21N3O5. The van der Waals surface area contributed by atoms with E-state index in [9.17, 15) is 4.79 Å². The Labute approximate surface area is 168 Å². The summed E-state index contributed by atoms with van der Waals surface area (Å²) < 4.78 is 21.5. The van der Waals surface area contributed by atoms with Crippen LogP contribution in [-0.4, -0.2) is 53.9 Å². The highest BCUT2D eigenvalue weighted by molar-refractivity contribution is 5.78. The molecule has 1 saturated heterocycles. The highest BCUT2D eigenvalue weighted by Gasteiger charge is 2.32. The van der Waals surface area contributed by atoms with E-state index in [1.165, 1.54) is 0 Å². The largest absolute Gasteiger partial charge is 0.487 e. The number of aromatic nitrogens is 2. The van der Waals surface area contributed by atoms with Crippen molar-refractivity contribution in [2.45, 2.75) is 12.7 Å². The van der Waals surface area contributed by atoms with Gasteiger partial charge >= 0.3 is 0 Å². The summed E-state index contributed by atoms with van der Waals surface area (Å²) >= 11 is 0. The zero-order valence-electron chi connectivity index (χ0n) is 16.0. The summed E-state index contributed by atoms with van der Waals surface area (Å²) in [6.45, 7) is 1.40. The summed E-state index contributed by atoms with van der Waals surface area (Å²) in [5.41, 5.74) is 0.826. The monoisotopic (exact) mass is 395 g/mol. The molecule has 0 saturated carbocycles. The molecular weight excluding hydrogens is 374 g/mol. The van der Waals surface area contributed by atoms with Crippen molar-refractivity contribution in [1.29, 1.82) is 0 Å². The highest BCUT2D eigenvalue weighted by Crippen LogP contribution is 2.23. The summed E-state index contributed by atoms with van der Waals surface area (Å²) in [6, 6.07) is 16.7. The maximum atomic E-state index is 12.2. The molecule has 0 spiro atoms. The second kappa shape index (κ2) is 8.74. The number of likely N-dealkylation sites (tertiary alicyclic amines) is 1. The maximum absolute atomic E-state index is 12.2. The number of ether oxygens (including phenoxy) is 3. The quantitative estimate of drug-likeness (QED) is 0.579. The molecule has 1 aromatic heterocycles. The number of para-hydroxylation sites is 1. The summed E-state index contributed by atoms with van der Waals surface area (Å²) in [4.78, 5) is 18.1. The predicted octanol–water partition coefficient (Wildman–Crippen LogP) is 2.55. The second-order valence-electron chi connectivity index (χ2n) is 6.61. The molecule has 8 heteroatoms. The number of hydrogen-bond acceptors (Lipinski definition) is 7. The van der Waals surface area contributed by atoms with Crippen LogP contribution in [-0.2, 0) is 16.1 Å². The number of nitrogens with zero attached hydrogens (tertiary/aromatic N) is 3. The second-order valence-corrected chi connectivity index (χ2v) is 6.61. The summed E-state index contributed by atoms with van der Waals surface area (Å²) in [5, 5.41) is 3.93. The first-order valence-electron chi connectivity index (χ1n) is 9.25. The maximum Gasteiger partial charge on any atom is 0.260 e. The molecule has 4 rings (SSSR count). The number of amides is 1. The van der Waals surface area contributed by atoms with E-state index in [4.69, 9.17) is 18.7 Å². The smallest absolute Gasteiger partial charge is 0.260 e. The van der Waals surface area contributed by atoms with Gasteiger partial charge in [0.2, 0.25) is 5.82 Å². The van der Waals surface area contributed by atoms with Crippen molar-refractivity contribution in [3.8, 4) is 22.9 Å². The van der Waals surface area contributed by atoms with Gasteiger partial charge in [0, 0.05) is 12.7 Å². The van der Waals surface area contributed by atoms with Crippen molar-refractivity contribution in [3.05, 3.63) is 60.5 Å². The number of carbonyl (C=O) groups excluding carboxylic acids is 1. The Balaban J connectivity index is 1.23. The molecule has 3 aromatic rings. The topological polar surface area (TPSA) is 86.9 Å². The fourth-order valence-electron chi connectivity index (χ4n) is 2.90. The van der Waals surface area contributed by atoms with Crippen molar-refractivity contribution < 1.29 is 23.5 Å². The minimum Gasteiger partial charge on any atom is -0.487 e. The van der Waals surface area contributed by atoms with Gasteiger partial charge in [0.25, 0.3) is 11.8 Å². The lowest BCUT2D eigenvalue weighted by atomic mass is 10.1. The van der Waals surface area contributed by atoms with Gasteiger partial charge in [0.05, 0.1) is 13.1 Å². The van der Waals surface area contributed by atoms with Gasteiger partial charge < -0.3 is 23.6 Å². The molecule has 1 aliphatic heterocycles. The zero-order valence-corrected chi connectivity index (χ0v) is 16.0. The van der Waals surface area contributed by atoms with Gasteiger partial charge in [-0.25, -0.2) is 0 Å². The van der Waals surface area contributed by atoms with Crippen LogP contribution in [0.1, 0.15) is 5.89 Å². The number of methoxy groups -OCH3 is 1. The van der Waals surface area contributed by atoms with E-state index in [0.29, 0.717) is 30.6 Å². The summed E-state index contributed by atoms with van der Waals surface area (Å²) in [5.74, 6) is 2.30. The van der Waals surface area contributed by atoms with E-state index in [2.05, 4.69) is 10.1 Å². The van der Waals surface area contributed by atoms with Crippen LogP contribution in [0.15, 0.2) is 59.1 Å². The lowest BCUT2D eigenvalue weighted by Gasteiger charge is -2.38. The zero-order chi connectivity index (χ0) is 20.1. The van der Waals surface area contributed by atoms with Gasteiger partial charge in [-0.2, -0.15) is 4.98 Å². The van der Waals surface area contributed by atoms with E-state index >= 15 is 0 Å². The Morgan fingerprint density at radius 2 is 1.86 bits per heavy atom. The van der Waals surface area contributed by atoms with Gasteiger partial charge in [-0.3, -0.25) is 4.79 Å². The Bertz CT molecular complexity index is 936. The predicted molar refractivity (Wildman–Crippen MR) is 103 cm³/mol. The lowest BCUT2D eigenvalue weighted by molar-refractivity contribution is -0.142. The number of benzene rings is 2. The summed E-state index contributed by atoms with van der Waals surface area (Å²) in [6.07, 6.45) is -0.0278. The molecule has 2 aromatic carbocycles. The third kappa shape index (κ3) is 4.72. The van der Waals surface area contributed by atoms with E-state index in [-0.39, 0.29) is 25.2 Å². The van der Waals surface area contributed by atoms with Crippen LogP contribution >= 0.6 is 0 Å². The third-order valence-electron chi connectivity index (χ3n) is 4.46. The van der Waals surface area contributed by atoms with Crippen molar-refractivity contribution in [3.63, 3.8) is 0 Å².